The monoisotopic (exact) mass is 145 g/mol. The zero-order valence-corrected chi connectivity index (χ0v) is 5.16. The van der Waals surface area contributed by atoms with E-state index >= 15 is 0 Å². The first kappa shape index (κ1) is 6.85. The number of amides is 1. The second kappa shape index (κ2) is 2.55. The van der Waals surface area contributed by atoms with Gasteiger partial charge < -0.3 is 15.2 Å². The molecule has 0 spiro atoms. The maximum atomic E-state index is 10.6. The van der Waals surface area contributed by atoms with E-state index in [1.165, 1.54) is 0 Å². The maximum Gasteiger partial charge on any atom is 0.405 e. The lowest BCUT2D eigenvalue weighted by Crippen LogP contribution is -2.36. The van der Waals surface area contributed by atoms with Crippen LogP contribution in [-0.4, -0.2) is 29.8 Å². The van der Waals surface area contributed by atoms with E-state index in [1.807, 2.05) is 5.32 Å². The number of esters is 1. The molecule has 0 aromatic rings. The van der Waals surface area contributed by atoms with Crippen LogP contribution in [0, 0.1) is 0 Å². The van der Waals surface area contributed by atoms with Crippen molar-refractivity contribution in [3.05, 3.63) is 0 Å². The Labute approximate surface area is 57.0 Å². The first-order chi connectivity index (χ1) is 4.70. The van der Waals surface area contributed by atoms with E-state index in [1.54, 1.807) is 0 Å². The molecule has 56 valence electrons. The van der Waals surface area contributed by atoms with Crippen LogP contribution in [0.2, 0.25) is 0 Å². The molecule has 1 unspecified atom stereocenters. The number of hydrogen-bond acceptors (Lipinski definition) is 3. The molecule has 0 aromatic heterocycles. The van der Waals surface area contributed by atoms with Gasteiger partial charge >= 0.3 is 12.1 Å². The fourth-order valence-corrected chi connectivity index (χ4v) is 0.776. The van der Waals surface area contributed by atoms with E-state index < -0.39 is 18.1 Å². The molecule has 1 heterocycles. The highest BCUT2D eigenvalue weighted by Gasteiger charge is 2.27. The Morgan fingerprint density at radius 2 is 2.50 bits per heavy atom. The molecular weight excluding hydrogens is 138 g/mol. The highest BCUT2D eigenvalue weighted by atomic mass is 16.5. The van der Waals surface area contributed by atoms with Crippen molar-refractivity contribution in [2.45, 2.75) is 12.5 Å². The van der Waals surface area contributed by atoms with Crippen LogP contribution < -0.4 is 5.32 Å². The number of carboxylic acid groups (broad SMARTS) is 1. The molecule has 0 radical (unpaired) electrons. The summed E-state index contributed by atoms with van der Waals surface area (Å²) < 4.78 is 4.50. The van der Waals surface area contributed by atoms with Gasteiger partial charge in [-0.1, -0.05) is 0 Å². The number of ether oxygens (including phenoxy) is 1. The molecule has 0 bridgehead atoms. The fourth-order valence-electron chi connectivity index (χ4n) is 0.776. The molecule has 5 nitrogen and oxygen atoms in total. The van der Waals surface area contributed by atoms with E-state index in [9.17, 15) is 9.59 Å². The van der Waals surface area contributed by atoms with Crippen molar-refractivity contribution in [1.29, 1.82) is 0 Å². The zero-order chi connectivity index (χ0) is 7.56. The Bertz CT molecular complexity index is 167. The highest BCUT2D eigenvalue weighted by molar-refractivity contribution is 5.81. The lowest BCUT2D eigenvalue weighted by atomic mass is 10.3. The van der Waals surface area contributed by atoms with Crippen molar-refractivity contribution < 1.29 is 19.4 Å². The van der Waals surface area contributed by atoms with Crippen LogP contribution in [0.25, 0.3) is 0 Å². The maximum absolute atomic E-state index is 10.6. The minimum absolute atomic E-state index is 0.309. The smallest absolute Gasteiger partial charge is 0.405 e. The van der Waals surface area contributed by atoms with Gasteiger partial charge in [0, 0.05) is 6.42 Å². The van der Waals surface area contributed by atoms with Gasteiger partial charge in [-0.2, -0.15) is 0 Å². The molecule has 2 N–H and O–H groups in total. The number of carbonyl (C=O) groups is 2. The van der Waals surface area contributed by atoms with Crippen LogP contribution in [0.4, 0.5) is 4.79 Å². The number of nitrogens with one attached hydrogen (secondary N) is 1. The molecule has 1 atom stereocenters. The Kier molecular flexibility index (Phi) is 1.75. The fraction of sp³-hybridized carbons (Fsp3) is 0.600. The van der Waals surface area contributed by atoms with Gasteiger partial charge in [-0.3, -0.25) is 0 Å². The van der Waals surface area contributed by atoms with Crippen molar-refractivity contribution in [2.75, 3.05) is 6.61 Å². The Morgan fingerprint density at radius 1 is 1.80 bits per heavy atom. The number of hydrogen-bond donors (Lipinski definition) is 2. The second-order valence-corrected chi connectivity index (χ2v) is 1.96. The number of carbonyl (C=O) groups excluding carboxylic acids is 1. The van der Waals surface area contributed by atoms with Crippen LogP contribution in [0.1, 0.15) is 6.42 Å². The molecule has 0 aliphatic carbocycles. The van der Waals surface area contributed by atoms with Gasteiger partial charge in [-0.15, -0.1) is 0 Å². The van der Waals surface area contributed by atoms with E-state index in [0.29, 0.717) is 13.0 Å². The minimum atomic E-state index is -1.19. The molecule has 1 aliphatic heterocycles. The molecule has 1 aliphatic rings. The molecule has 0 aromatic carbocycles. The summed E-state index contributed by atoms with van der Waals surface area (Å²) in [6.07, 6.45) is -0.755. The first-order valence-corrected chi connectivity index (χ1v) is 2.86. The summed E-state index contributed by atoms with van der Waals surface area (Å²) in [5, 5.41) is 10.2. The van der Waals surface area contributed by atoms with Crippen LogP contribution in [0.3, 0.4) is 0 Å². The van der Waals surface area contributed by atoms with Gasteiger partial charge in [0.25, 0.3) is 0 Å². The van der Waals surface area contributed by atoms with Crippen molar-refractivity contribution >= 4 is 12.1 Å². The Balaban J connectivity index is 2.40. The summed E-state index contributed by atoms with van der Waals surface area (Å²) in [6.45, 7) is 0.309. The Morgan fingerprint density at radius 3 is 2.90 bits per heavy atom. The quantitative estimate of drug-likeness (QED) is 0.491. The van der Waals surface area contributed by atoms with E-state index in [2.05, 4.69) is 4.74 Å². The normalized spacial score (nSPS) is 24.0. The molecule has 1 saturated heterocycles. The van der Waals surface area contributed by atoms with Crippen molar-refractivity contribution in [3.8, 4) is 0 Å². The second-order valence-electron chi connectivity index (χ2n) is 1.96. The molecule has 5 heteroatoms. The van der Waals surface area contributed by atoms with Crippen molar-refractivity contribution in [2.24, 2.45) is 0 Å². The van der Waals surface area contributed by atoms with Gasteiger partial charge in [-0.05, 0) is 0 Å². The van der Waals surface area contributed by atoms with E-state index in [-0.39, 0.29) is 0 Å². The molecule has 0 saturated carbocycles. The zero-order valence-electron chi connectivity index (χ0n) is 5.16. The largest absolute Gasteiger partial charge is 0.465 e. The standard InChI is InChI=1S/C5H7NO4/c7-4-3(1-2-10-4)6-5(8)9/h3,6H,1-2H2,(H,8,9). The number of rotatable bonds is 1. The predicted molar refractivity (Wildman–Crippen MR) is 30.5 cm³/mol. The van der Waals surface area contributed by atoms with E-state index in [0.717, 1.165) is 0 Å². The lowest BCUT2D eigenvalue weighted by Gasteiger charge is -2.02. The van der Waals surface area contributed by atoms with Gasteiger partial charge in [0.1, 0.15) is 6.04 Å². The average Bonchev–Trinajstić information content (AvgIpc) is 2.15. The van der Waals surface area contributed by atoms with Crippen molar-refractivity contribution in [1.82, 2.24) is 5.32 Å². The van der Waals surface area contributed by atoms with E-state index in [4.69, 9.17) is 5.11 Å². The molecule has 1 rings (SSSR count). The summed E-state index contributed by atoms with van der Waals surface area (Å²) in [6, 6.07) is -0.655. The molecular formula is C5H7NO4. The summed E-state index contributed by atoms with van der Waals surface area (Å²) in [5.74, 6) is -0.484. The first-order valence-electron chi connectivity index (χ1n) is 2.86. The molecule has 10 heavy (non-hydrogen) atoms. The minimum Gasteiger partial charge on any atom is -0.465 e. The topological polar surface area (TPSA) is 75.6 Å². The summed E-state index contributed by atoms with van der Waals surface area (Å²) >= 11 is 0. The van der Waals surface area contributed by atoms with Crippen LogP contribution in [0.15, 0.2) is 0 Å². The van der Waals surface area contributed by atoms with Crippen LogP contribution in [-0.2, 0) is 9.53 Å². The third-order valence-corrected chi connectivity index (χ3v) is 1.23. The summed E-state index contributed by atoms with van der Waals surface area (Å²) in [4.78, 5) is 20.5. The van der Waals surface area contributed by atoms with Crippen molar-refractivity contribution in [3.63, 3.8) is 0 Å². The SMILES string of the molecule is O=C(O)NC1CCOC1=O. The van der Waals surface area contributed by atoms with Gasteiger partial charge in [0.15, 0.2) is 0 Å². The molecule has 1 fully saturated rings. The predicted octanol–water partition coefficient (Wildman–Crippen LogP) is -0.431. The average molecular weight is 145 g/mol. The number of cyclic esters (lactones) is 1. The third kappa shape index (κ3) is 1.37. The lowest BCUT2D eigenvalue weighted by molar-refractivity contribution is -0.139. The third-order valence-electron chi connectivity index (χ3n) is 1.23. The molecule has 1 amide bonds. The summed E-state index contributed by atoms with van der Waals surface area (Å²) in [7, 11) is 0. The van der Waals surface area contributed by atoms with Gasteiger partial charge in [0.2, 0.25) is 0 Å². The summed E-state index contributed by atoms with van der Waals surface area (Å²) in [5.41, 5.74) is 0. The van der Waals surface area contributed by atoms with Gasteiger partial charge in [-0.25, -0.2) is 9.59 Å². The highest BCUT2D eigenvalue weighted by Crippen LogP contribution is 2.04. The van der Waals surface area contributed by atoms with Gasteiger partial charge in [0.05, 0.1) is 6.61 Å². The van der Waals surface area contributed by atoms with Crippen LogP contribution in [0.5, 0.6) is 0 Å². The Hall–Kier alpha value is -1.26. The van der Waals surface area contributed by atoms with Crippen LogP contribution >= 0.6 is 0 Å².